The van der Waals surface area contributed by atoms with Crippen LogP contribution in [0.3, 0.4) is 0 Å². The van der Waals surface area contributed by atoms with E-state index in [0.717, 1.165) is 31.5 Å². The Morgan fingerprint density at radius 3 is 2.57 bits per heavy atom. The molecule has 0 unspecified atom stereocenters. The number of aromatic amines is 1. The number of amides is 1. The van der Waals surface area contributed by atoms with Crippen LogP contribution in [0.4, 0.5) is 4.79 Å². The van der Waals surface area contributed by atoms with Gasteiger partial charge in [-0.05, 0) is 46.5 Å². The standard InChI is InChI=1S/C15H23N3O3/c1-15(2,3)21-14(20)17-11-6-4-10(5-7-11)13-16-9-8-12(19)18-13/h8-11H,4-7H2,1-3H3,(H,17,20)(H,16,18,19). The van der Waals surface area contributed by atoms with Crippen molar-refractivity contribution in [2.45, 2.75) is 64.0 Å². The minimum absolute atomic E-state index is 0.117. The first-order valence-electron chi connectivity index (χ1n) is 7.38. The molecule has 0 aliphatic heterocycles. The van der Waals surface area contributed by atoms with Crippen molar-refractivity contribution in [2.75, 3.05) is 0 Å². The highest BCUT2D eigenvalue weighted by molar-refractivity contribution is 5.68. The van der Waals surface area contributed by atoms with Crippen LogP contribution in [0.25, 0.3) is 0 Å². The molecule has 1 aliphatic carbocycles. The van der Waals surface area contributed by atoms with E-state index < -0.39 is 5.60 Å². The van der Waals surface area contributed by atoms with Crippen LogP contribution in [-0.2, 0) is 4.74 Å². The molecule has 1 aliphatic rings. The van der Waals surface area contributed by atoms with E-state index in [9.17, 15) is 9.59 Å². The van der Waals surface area contributed by atoms with E-state index in [1.807, 2.05) is 20.8 Å². The summed E-state index contributed by atoms with van der Waals surface area (Å²) < 4.78 is 5.26. The lowest BCUT2D eigenvalue weighted by molar-refractivity contribution is 0.0491. The van der Waals surface area contributed by atoms with Crippen molar-refractivity contribution in [1.82, 2.24) is 15.3 Å². The number of carbonyl (C=O) groups excluding carboxylic acids is 1. The van der Waals surface area contributed by atoms with Crippen LogP contribution in [0.2, 0.25) is 0 Å². The van der Waals surface area contributed by atoms with E-state index in [-0.39, 0.29) is 23.6 Å². The number of nitrogens with one attached hydrogen (secondary N) is 2. The third kappa shape index (κ3) is 4.88. The van der Waals surface area contributed by atoms with Crippen molar-refractivity contribution in [3.8, 4) is 0 Å². The molecule has 2 rings (SSSR count). The van der Waals surface area contributed by atoms with Gasteiger partial charge in [0.25, 0.3) is 5.56 Å². The lowest BCUT2D eigenvalue weighted by Gasteiger charge is -2.29. The maximum atomic E-state index is 11.7. The molecule has 6 nitrogen and oxygen atoms in total. The maximum Gasteiger partial charge on any atom is 0.407 e. The number of ether oxygens (including phenoxy) is 1. The molecular weight excluding hydrogens is 270 g/mol. The zero-order valence-corrected chi connectivity index (χ0v) is 12.8. The second-order valence-corrected chi connectivity index (χ2v) is 6.51. The lowest BCUT2D eigenvalue weighted by Crippen LogP contribution is -2.40. The molecule has 116 valence electrons. The Morgan fingerprint density at radius 1 is 1.33 bits per heavy atom. The molecular formula is C15H23N3O3. The topological polar surface area (TPSA) is 84.1 Å². The number of H-pyrrole nitrogens is 1. The molecule has 1 aromatic rings. The third-order valence-electron chi connectivity index (χ3n) is 3.53. The van der Waals surface area contributed by atoms with Crippen LogP contribution in [-0.4, -0.2) is 27.7 Å². The first-order chi connectivity index (χ1) is 9.83. The summed E-state index contributed by atoms with van der Waals surface area (Å²) in [5.41, 5.74) is -0.594. The molecule has 0 saturated heterocycles. The van der Waals surface area contributed by atoms with Gasteiger partial charge in [0.2, 0.25) is 0 Å². The van der Waals surface area contributed by atoms with Crippen LogP contribution in [0.1, 0.15) is 58.2 Å². The highest BCUT2D eigenvalue weighted by Gasteiger charge is 2.26. The van der Waals surface area contributed by atoms with Crippen molar-refractivity contribution < 1.29 is 9.53 Å². The molecule has 0 radical (unpaired) electrons. The molecule has 2 N–H and O–H groups in total. The van der Waals surface area contributed by atoms with Crippen molar-refractivity contribution in [2.24, 2.45) is 0 Å². The summed E-state index contributed by atoms with van der Waals surface area (Å²) in [6.07, 6.45) is 4.70. The Labute approximate surface area is 124 Å². The quantitative estimate of drug-likeness (QED) is 0.876. The summed E-state index contributed by atoms with van der Waals surface area (Å²) in [5, 5.41) is 2.91. The molecule has 1 fully saturated rings. The number of hydrogen-bond donors (Lipinski definition) is 2. The fourth-order valence-electron chi connectivity index (χ4n) is 2.58. The first-order valence-corrected chi connectivity index (χ1v) is 7.38. The lowest BCUT2D eigenvalue weighted by atomic mass is 9.85. The molecule has 0 atom stereocenters. The van der Waals surface area contributed by atoms with E-state index in [2.05, 4.69) is 15.3 Å². The molecule has 21 heavy (non-hydrogen) atoms. The number of nitrogens with zero attached hydrogens (tertiary/aromatic N) is 1. The van der Waals surface area contributed by atoms with Crippen LogP contribution in [0.5, 0.6) is 0 Å². The summed E-state index contributed by atoms with van der Waals surface area (Å²) in [7, 11) is 0. The van der Waals surface area contributed by atoms with Gasteiger partial charge in [0.1, 0.15) is 11.4 Å². The van der Waals surface area contributed by atoms with Gasteiger partial charge >= 0.3 is 6.09 Å². The summed E-state index contributed by atoms with van der Waals surface area (Å²) in [4.78, 5) is 30.1. The predicted octanol–water partition coefficient (Wildman–Crippen LogP) is 2.32. The smallest absolute Gasteiger partial charge is 0.407 e. The van der Waals surface area contributed by atoms with Crippen LogP contribution < -0.4 is 10.9 Å². The normalized spacial score (nSPS) is 22.6. The largest absolute Gasteiger partial charge is 0.444 e. The Balaban J connectivity index is 1.83. The van der Waals surface area contributed by atoms with Gasteiger partial charge in [0.05, 0.1) is 0 Å². The van der Waals surface area contributed by atoms with Gasteiger partial charge in [0.15, 0.2) is 0 Å². The fraction of sp³-hybridized carbons (Fsp3) is 0.667. The Kier molecular flexibility index (Phi) is 4.65. The molecule has 0 aromatic carbocycles. The van der Waals surface area contributed by atoms with Gasteiger partial charge in [-0.1, -0.05) is 0 Å². The van der Waals surface area contributed by atoms with Crippen LogP contribution in [0.15, 0.2) is 17.1 Å². The minimum atomic E-state index is -0.477. The number of hydrogen-bond acceptors (Lipinski definition) is 4. The molecule has 1 amide bonds. The number of aromatic nitrogens is 2. The maximum absolute atomic E-state index is 11.7. The van der Waals surface area contributed by atoms with Crippen molar-refractivity contribution >= 4 is 6.09 Å². The summed E-state index contributed by atoms with van der Waals surface area (Å²) in [5.74, 6) is 1.01. The Morgan fingerprint density at radius 2 is 2.00 bits per heavy atom. The summed E-state index contributed by atoms with van der Waals surface area (Å²) in [6.45, 7) is 5.54. The van der Waals surface area contributed by atoms with Crippen molar-refractivity contribution in [3.63, 3.8) is 0 Å². The van der Waals surface area contributed by atoms with E-state index in [4.69, 9.17) is 4.74 Å². The van der Waals surface area contributed by atoms with E-state index in [1.54, 1.807) is 6.20 Å². The molecule has 0 spiro atoms. The molecule has 1 heterocycles. The van der Waals surface area contributed by atoms with Gasteiger partial charge in [0, 0.05) is 24.2 Å². The second-order valence-electron chi connectivity index (χ2n) is 6.51. The zero-order chi connectivity index (χ0) is 15.5. The highest BCUT2D eigenvalue weighted by Crippen LogP contribution is 2.30. The molecule has 1 aromatic heterocycles. The molecule has 1 saturated carbocycles. The van der Waals surface area contributed by atoms with E-state index in [0.29, 0.717) is 0 Å². The number of rotatable bonds is 2. The second kappa shape index (κ2) is 6.28. The average molecular weight is 293 g/mol. The minimum Gasteiger partial charge on any atom is -0.444 e. The van der Waals surface area contributed by atoms with Crippen molar-refractivity contribution in [3.05, 3.63) is 28.4 Å². The fourth-order valence-corrected chi connectivity index (χ4v) is 2.58. The van der Waals surface area contributed by atoms with Gasteiger partial charge in [-0.3, -0.25) is 4.79 Å². The Bertz CT molecular complexity index is 540. The van der Waals surface area contributed by atoms with Crippen LogP contribution >= 0.6 is 0 Å². The average Bonchev–Trinajstić information content (AvgIpc) is 2.37. The first kappa shape index (κ1) is 15.5. The van der Waals surface area contributed by atoms with E-state index >= 15 is 0 Å². The van der Waals surface area contributed by atoms with Crippen LogP contribution in [0, 0.1) is 0 Å². The van der Waals surface area contributed by atoms with Crippen molar-refractivity contribution in [1.29, 1.82) is 0 Å². The third-order valence-corrected chi connectivity index (χ3v) is 3.53. The Hall–Kier alpha value is -1.85. The predicted molar refractivity (Wildman–Crippen MR) is 79.2 cm³/mol. The molecule has 0 bridgehead atoms. The zero-order valence-electron chi connectivity index (χ0n) is 12.8. The SMILES string of the molecule is CC(C)(C)OC(=O)NC1CCC(c2nccc(=O)[nH]2)CC1. The van der Waals surface area contributed by atoms with Gasteiger partial charge in [-0.2, -0.15) is 0 Å². The number of alkyl carbamates (subject to hydrolysis) is 1. The van der Waals surface area contributed by atoms with Gasteiger partial charge in [-0.25, -0.2) is 9.78 Å². The molecule has 6 heteroatoms. The van der Waals surface area contributed by atoms with Gasteiger partial charge in [-0.15, -0.1) is 0 Å². The van der Waals surface area contributed by atoms with Gasteiger partial charge < -0.3 is 15.0 Å². The monoisotopic (exact) mass is 293 g/mol. The summed E-state index contributed by atoms with van der Waals surface area (Å²) in [6, 6.07) is 1.55. The van der Waals surface area contributed by atoms with E-state index in [1.165, 1.54) is 6.07 Å². The highest BCUT2D eigenvalue weighted by atomic mass is 16.6. The number of carbonyl (C=O) groups is 1. The summed E-state index contributed by atoms with van der Waals surface area (Å²) >= 11 is 0.